The van der Waals surface area contributed by atoms with Crippen LogP contribution in [0.3, 0.4) is 0 Å². The quantitative estimate of drug-likeness (QED) is 0.128. The molecule has 0 heterocycles. The SMILES string of the molecule is CCCCCCCCCCCCCCCCC(Cc1ccccc1)C(C)(C)N.O=S(=O)(O)c1ccc(Cl)cc1. The van der Waals surface area contributed by atoms with Crippen LogP contribution in [-0.4, -0.2) is 18.5 Å². The van der Waals surface area contributed by atoms with Gasteiger partial charge in [0.1, 0.15) is 0 Å². The molecule has 2 aromatic rings. The first-order chi connectivity index (χ1) is 18.5. The summed E-state index contributed by atoms with van der Waals surface area (Å²) in [6.07, 6.45) is 22.3. The van der Waals surface area contributed by atoms with E-state index in [0.717, 1.165) is 6.42 Å². The molecule has 0 aliphatic carbocycles. The Labute approximate surface area is 244 Å². The summed E-state index contributed by atoms with van der Waals surface area (Å²) in [6.45, 7) is 6.69. The first-order valence-electron chi connectivity index (χ1n) is 15.1. The monoisotopic (exact) mass is 579 g/mol. The molecule has 0 amide bonds. The van der Waals surface area contributed by atoms with Crippen molar-refractivity contribution in [3.8, 4) is 0 Å². The Morgan fingerprint density at radius 2 is 1.18 bits per heavy atom. The summed E-state index contributed by atoms with van der Waals surface area (Å²) in [5, 5.41) is 0.428. The molecule has 0 aliphatic heterocycles. The van der Waals surface area contributed by atoms with Crippen molar-refractivity contribution in [3.05, 3.63) is 65.2 Å². The van der Waals surface area contributed by atoms with Crippen LogP contribution >= 0.6 is 11.6 Å². The Hall–Kier alpha value is -1.40. The molecule has 0 aromatic heterocycles. The van der Waals surface area contributed by atoms with Gasteiger partial charge in [-0.15, -0.1) is 0 Å². The molecule has 1 unspecified atom stereocenters. The van der Waals surface area contributed by atoms with E-state index in [1.807, 2.05) is 0 Å². The summed E-state index contributed by atoms with van der Waals surface area (Å²) in [6, 6.07) is 16.1. The van der Waals surface area contributed by atoms with E-state index >= 15 is 0 Å². The van der Waals surface area contributed by atoms with Gasteiger partial charge in [-0.05, 0) is 62.4 Å². The molecule has 2 rings (SSSR count). The maximum atomic E-state index is 10.5. The topological polar surface area (TPSA) is 80.4 Å². The Kier molecular flexibility index (Phi) is 18.7. The van der Waals surface area contributed by atoms with E-state index in [-0.39, 0.29) is 10.4 Å². The van der Waals surface area contributed by atoms with Crippen LogP contribution in [0, 0.1) is 5.92 Å². The predicted octanol–water partition coefficient (Wildman–Crippen LogP) is 10.0. The zero-order chi connectivity index (χ0) is 29.0. The molecule has 0 aliphatic rings. The number of hydrogen-bond acceptors (Lipinski definition) is 3. The molecule has 2 aromatic carbocycles. The lowest BCUT2D eigenvalue weighted by Crippen LogP contribution is -2.42. The summed E-state index contributed by atoms with van der Waals surface area (Å²) in [7, 11) is -4.08. The maximum absolute atomic E-state index is 10.5. The van der Waals surface area contributed by atoms with Crippen molar-refractivity contribution in [1.82, 2.24) is 0 Å². The average Bonchev–Trinajstić information content (AvgIpc) is 2.88. The van der Waals surface area contributed by atoms with Crippen molar-refractivity contribution in [2.75, 3.05) is 0 Å². The Morgan fingerprint density at radius 1 is 0.744 bits per heavy atom. The Balaban J connectivity index is 0.000000573. The number of unbranched alkanes of at least 4 members (excludes halogenated alkanes) is 13. The van der Waals surface area contributed by atoms with Gasteiger partial charge in [0, 0.05) is 10.6 Å². The summed E-state index contributed by atoms with van der Waals surface area (Å²) >= 11 is 5.49. The minimum Gasteiger partial charge on any atom is -0.325 e. The first kappa shape index (κ1) is 35.6. The van der Waals surface area contributed by atoms with E-state index in [1.54, 1.807) is 0 Å². The van der Waals surface area contributed by atoms with Gasteiger partial charge >= 0.3 is 0 Å². The third-order valence-electron chi connectivity index (χ3n) is 7.39. The largest absolute Gasteiger partial charge is 0.325 e. The van der Waals surface area contributed by atoms with Crippen LogP contribution in [0.1, 0.15) is 123 Å². The van der Waals surface area contributed by atoms with Crippen LogP contribution in [0.2, 0.25) is 5.02 Å². The van der Waals surface area contributed by atoms with E-state index < -0.39 is 10.1 Å². The van der Waals surface area contributed by atoms with E-state index in [1.165, 1.54) is 126 Å². The maximum Gasteiger partial charge on any atom is 0.294 e. The minimum absolute atomic E-state index is 0.0909. The molecule has 222 valence electrons. The molecule has 1 atom stereocenters. The van der Waals surface area contributed by atoms with Crippen molar-refractivity contribution >= 4 is 21.7 Å². The molecule has 0 bridgehead atoms. The molecular formula is C33H54ClNO3S. The normalized spacial score (nSPS) is 12.6. The summed E-state index contributed by atoms with van der Waals surface area (Å²) in [5.74, 6) is 0.576. The number of nitrogens with two attached hydrogens (primary N) is 1. The van der Waals surface area contributed by atoms with Gasteiger partial charge in [0.05, 0.1) is 4.90 Å². The van der Waals surface area contributed by atoms with Crippen molar-refractivity contribution in [2.45, 2.75) is 134 Å². The fourth-order valence-electron chi connectivity index (χ4n) is 4.83. The predicted molar refractivity (Wildman–Crippen MR) is 168 cm³/mol. The number of rotatable bonds is 19. The highest BCUT2D eigenvalue weighted by molar-refractivity contribution is 7.85. The summed E-state index contributed by atoms with van der Waals surface area (Å²) in [5.41, 5.74) is 7.82. The molecule has 3 N–H and O–H groups in total. The molecule has 4 nitrogen and oxygen atoms in total. The Morgan fingerprint density at radius 3 is 1.59 bits per heavy atom. The number of halogens is 1. The second kappa shape index (κ2) is 20.5. The van der Waals surface area contributed by atoms with Gasteiger partial charge in [0.2, 0.25) is 0 Å². The molecule has 39 heavy (non-hydrogen) atoms. The number of hydrogen-bond donors (Lipinski definition) is 2. The fraction of sp³-hybridized carbons (Fsp3) is 0.636. The van der Waals surface area contributed by atoms with Gasteiger partial charge in [0.25, 0.3) is 10.1 Å². The summed E-state index contributed by atoms with van der Waals surface area (Å²) in [4.78, 5) is -0.151. The van der Waals surface area contributed by atoms with Gasteiger partial charge in [-0.2, -0.15) is 8.42 Å². The lowest BCUT2D eigenvalue weighted by atomic mass is 9.80. The van der Waals surface area contributed by atoms with Gasteiger partial charge in [-0.1, -0.05) is 139 Å². The molecule has 6 heteroatoms. The number of benzene rings is 2. The minimum atomic E-state index is -4.08. The van der Waals surface area contributed by atoms with Gasteiger partial charge in [0.15, 0.2) is 0 Å². The molecular weight excluding hydrogens is 526 g/mol. The van der Waals surface area contributed by atoms with Crippen molar-refractivity contribution in [1.29, 1.82) is 0 Å². The second-order valence-corrected chi connectivity index (χ2v) is 13.4. The molecule has 0 radical (unpaired) electrons. The highest BCUT2D eigenvalue weighted by Gasteiger charge is 2.24. The zero-order valence-corrected chi connectivity index (χ0v) is 26.3. The van der Waals surface area contributed by atoms with Gasteiger partial charge in [-0.3, -0.25) is 4.55 Å². The fourth-order valence-corrected chi connectivity index (χ4v) is 5.43. The van der Waals surface area contributed by atoms with Crippen LogP contribution in [0.4, 0.5) is 0 Å². The van der Waals surface area contributed by atoms with E-state index in [4.69, 9.17) is 21.9 Å². The van der Waals surface area contributed by atoms with Crippen LogP contribution < -0.4 is 5.73 Å². The van der Waals surface area contributed by atoms with E-state index in [0.29, 0.717) is 10.9 Å². The lowest BCUT2D eigenvalue weighted by molar-refractivity contribution is 0.290. The third kappa shape index (κ3) is 18.6. The molecule has 0 spiro atoms. The average molecular weight is 580 g/mol. The lowest BCUT2D eigenvalue weighted by Gasteiger charge is -2.31. The Bertz CT molecular complexity index is 957. The van der Waals surface area contributed by atoms with Crippen LogP contribution in [0.5, 0.6) is 0 Å². The standard InChI is InChI=1S/C27H49N.C6H5ClO3S/c1-4-5-6-7-8-9-10-11-12-13-14-15-16-20-23-26(27(2,3)28)24-25-21-18-17-19-22-25;7-5-1-3-6(4-2-5)11(8,9)10/h17-19,21-22,26H,4-16,20,23-24,28H2,1-3H3;1-4H,(H,8,9,10). The van der Waals surface area contributed by atoms with Crippen LogP contribution in [-0.2, 0) is 16.5 Å². The third-order valence-corrected chi connectivity index (χ3v) is 8.51. The van der Waals surface area contributed by atoms with Crippen molar-refractivity contribution in [2.24, 2.45) is 11.7 Å². The van der Waals surface area contributed by atoms with Gasteiger partial charge < -0.3 is 5.73 Å². The van der Waals surface area contributed by atoms with Crippen LogP contribution in [0.15, 0.2) is 59.5 Å². The van der Waals surface area contributed by atoms with Crippen LogP contribution in [0.25, 0.3) is 0 Å². The zero-order valence-electron chi connectivity index (χ0n) is 24.7. The smallest absolute Gasteiger partial charge is 0.294 e. The van der Waals surface area contributed by atoms with Crippen molar-refractivity contribution in [3.63, 3.8) is 0 Å². The van der Waals surface area contributed by atoms with Crippen molar-refractivity contribution < 1.29 is 13.0 Å². The second-order valence-electron chi connectivity index (χ2n) is 11.5. The molecule has 0 saturated carbocycles. The van der Waals surface area contributed by atoms with E-state index in [9.17, 15) is 8.42 Å². The highest BCUT2D eigenvalue weighted by Crippen LogP contribution is 2.25. The first-order valence-corrected chi connectivity index (χ1v) is 16.9. The highest BCUT2D eigenvalue weighted by atomic mass is 35.5. The van der Waals surface area contributed by atoms with E-state index in [2.05, 4.69) is 51.1 Å². The summed E-state index contributed by atoms with van der Waals surface area (Å²) < 4.78 is 29.4. The van der Waals surface area contributed by atoms with Gasteiger partial charge in [-0.25, -0.2) is 0 Å². The molecule has 0 fully saturated rings. The molecule has 0 saturated heterocycles.